The number of anilines is 2. The van der Waals surface area contributed by atoms with Gasteiger partial charge in [-0.25, -0.2) is 9.97 Å². The first-order chi connectivity index (χ1) is 17.5. The third kappa shape index (κ3) is 5.02. The molecule has 0 aromatic carbocycles. The molecule has 196 valence electrons. The average molecular weight is 516 g/mol. The van der Waals surface area contributed by atoms with E-state index in [0.29, 0.717) is 61.2 Å². The van der Waals surface area contributed by atoms with Gasteiger partial charge in [0.05, 0.1) is 25.0 Å². The van der Waals surface area contributed by atoms with E-state index < -0.39 is 11.9 Å². The molecule has 0 saturated carbocycles. The third-order valence-corrected chi connectivity index (χ3v) is 7.03. The van der Waals surface area contributed by atoms with Crippen LogP contribution < -0.4 is 10.2 Å². The molecule has 1 N–H and O–H groups in total. The van der Waals surface area contributed by atoms with Crippen molar-refractivity contribution in [1.29, 1.82) is 0 Å². The number of pyridine rings is 1. The zero-order chi connectivity index (χ0) is 26.4. The van der Waals surface area contributed by atoms with Crippen molar-refractivity contribution in [3.63, 3.8) is 0 Å². The molecular weight excluding hydrogens is 487 g/mol. The van der Waals surface area contributed by atoms with Crippen molar-refractivity contribution >= 4 is 17.4 Å². The second kappa shape index (κ2) is 9.40. The van der Waals surface area contributed by atoms with Crippen molar-refractivity contribution in [2.24, 2.45) is 5.41 Å². The molecule has 2 aliphatic heterocycles. The van der Waals surface area contributed by atoms with Crippen molar-refractivity contribution in [1.82, 2.24) is 24.7 Å². The molecule has 0 bridgehead atoms. The van der Waals surface area contributed by atoms with E-state index in [1.165, 1.54) is 12.3 Å². The van der Waals surface area contributed by atoms with E-state index in [2.05, 4.69) is 27.3 Å². The number of amides is 1. The molecule has 1 saturated heterocycles. The van der Waals surface area contributed by atoms with Gasteiger partial charge in [-0.2, -0.15) is 18.3 Å². The van der Waals surface area contributed by atoms with Gasteiger partial charge in [0.1, 0.15) is 23.2 Å². The Hall–Kier alpha value is -3.54. The molecule has 37 heavy (non-hydrogen) atoms. The number of rotatable bonds is 6. The largest absolute Gasteiger partial charge is 0.433 e. The maximum absolute atomic E-state index is 13.0. The summed E-state index contributed by atoms with van der Waals surface area (Å²) in [7, 11) is 1.89. The summed E-state index contributed by atoms with van der Waals surface area (Å²) in [5.41, 5.74) is 1.70. The maximum Gasteiger partial charge on any atom is 0.433 e. The molecule has 3 aromatic heterocycles. The van der Waals surface area contributed by atoms with Gasteiger partial charge in [0, 0.05) is 37.9 Å². The molecular formula is C25H28F3N7O2. The van der Waals surface area contributed by atoms with Gasteiger partial charge in [-0.1, -0.05) is 13.0 Å². The minimum Gasteiger partial charge on any atom is -0.381 e. The molecule has 12 heteroatoms. The number of carbonyl (C=O) groups excluding carboxylic acids is 1. The lowest BCUT2D eigenvalue weighted by Crippen LogP contribution is -2.56. The molecule has 1 amide bonds. The standard InChI is InChI=1S/C25H28F3N7O2/c1-15-20-22(34(3)21(23(36)33-20)24(2)8-9-37-14-24)32-19(31-15)7-5-17-11-30-35(13-17)12-16-4-6-18(29-10-16)25(26,27)28/h4,6,10-11,13,21H,5,7-9,12,14H2,1-3H3,(H,33,36). The SMILES string of the molecule is Cc1nc(CCc2cnn(Cc3ccc(C(F)(F)F)nc3)c2)nc2c1NC(=O)C(C1(C)CCOC1)N2C. The Kier molecular flexibility index (Phi) is 6.38. The zero-order valence-electron chi connectivity index (χ0n) is 20.8. The van der Waals surface area contributed by atoms with Crippen molar-refractivity contribution in [2.75, 3.05) is 30.5 Å². The Bertz CT molecular complexity index is 1300. The van der Waals surface area contributed by atoms with Crippen LogP contribution in [0.25, 0.3) is 0 Å². The summed E-state index contributed by atoms with van der Waals surface area (Å²) in [6.45, 7) is 5.40. The molecule has 0 radical (unpaired) electrons. The highest BCUT2D eigenvalue weighted by Gasteiger charge is 2.48. The Morgan fingerprint density at radius 2 is 2.00 bits per heavy atom. The minimum atomic E-state index is -4.46. The normalized spacial score (nSPS) is 21.7. The third-order valence-electron chi connectivity index (χ3n) is 7.03. The van der Waals surface area contributed by atoms with Gasteiger partial charge >= 0.3 is 6.18 Å². The summed E-state index contributed by atoms with van der Waals surface area (Å²) >= 11 is 0. The first-order valence-corrected chi connectivity index (χ1v) is 12.1. The van der Waals surface area contributed by atoms with Crippen LogP contribution in [0.1, 0.15) is 41.7 Å². The van der Waals surface area contributed by atoms with Crippen LogP contribution in [0.2, 0.25) is 0 Å². The number of carbonyl (C=O) groups is 1. The summed E-state index contributed by atoms with van der Waals surface area (Å²) in [6.07, 6.45) is 2.34. The quantitative estimate of drug-likeness (QED) is 0.537. The summed E-state index contributed by atoms with van der Waals surface area (Å²) in [6, 6.07) is 1.99. The lowest BCUT2D eigenvalue weighted by atomic mass is 9.79. The Balaban J connectivity index is 1.27. The van der Waals surface area contributed by atoms with E-state index in [4.69, 9.17) is 9.72 Å². The summed E-state index contributed by atoms with van der Waals surface area (Å²) in [5, 5.41) is 7.33. The Morgan fingerprint density at radius 3 is 2.68 bits per heavy atom. The molecule has 0 aliphatic carbocycles. The summed E-state index contributed by atoms with van der Waals surface area (Å²) in [4.78, 5) is 27.8. The number of aryl methyl sites for hydroxylation is 3. The Labute approximate surface area is 212 Å². The highest BCUT2D eigenvalue weighted by atomic mass is 19.4. The molecule has 9 nitrogen and oxygen atoms in total. The topological polar surface area (TPSA) is 98.1 Å². The van der Waals surface area contributed by atoms with Crippen LogP contribution in [0.5, 0.6) is 0 Å². The fourth-order valence-corrected chi connectivity index (χ4v) is 5.05. The van der Waals surface area contributed by atoms with Crippen LogP contribution in [0.3, 0.4) is 0 Å². The lowest BCUT2D eigenvalue weighted by Gasteiger charge is -2.42. The fourth-order valence-electron chi connectivity index (χ4n) is 5.05. The summed E-state index contributed by atoms with van der Waals surface area (Å²) < 4.78 is 45.4. The van der Waals surface area contributed by atoms with Gasteiger partial charge in [0.25, 0.3) is 0 Å². The van der Waals surface area contributed by atoms with Crippen LogP contribution in [-0.4, -0.2) is 56.9 Å². The smallest absolute Gasteiger partial charge is 0.381 e. The molecule has 5 heterocycles. The monoisotopic (exact) mass is 515 g/mol. The second-order valence-corrected chi connectivity index (χ2v) is 9.98. The van der Waals surface area contributed by atoms with Gasteiger partial charge < -0.3 is 15.0 Å². The van der Waals surface area contributed by atoms with Gasteiger partial charge in [-0.3, -0.25) is 14.5 Å². The summed E-state index contributed by atoms with van der Waals surface area (Å²) in [5.74, 6) is 1.29. The number of nitrogens with zero attached hydrogens (tertiary/aromatic N) is 6. The molecule has 2 unspecified atom stereocenters. The van der Waals surface area contributed by atoms with Crippen molar-refractivity contribution in [3.8, 4) is 0 Å². The van der Waals surface area contributed by atoms with E-state index >= 15 is 0 Å². The van der Waals surface area contributed by atoms with Crippen molar-refractivity contribution < 1.29 is 22.7 Å². The van der Waals surface area contributed by atoms with Gasteiger partial charge in [-0.05, 0) is 37.0 Å². The van der Waals surface area contributed by atoms with Crippen molar-refractivity contribution in [3.05, 3.63) is 59.1 Å². The molecule has 1 fully saturated rings. The highest BCUT2D eigenvalue weighted by molar-refractivity contribution is 6.03. The first kappa shape index (κ1) is 25.1. The van der Waals surface area contributed by atoms with Gasteiger partial charge in [0.2, 0.25) is 5.91 Å². The van der Waals surface area contributed by atoms with Crippen LogP contribution in [0.15, 0.2) is 30.7 Å². The molecule has 0 spiro atoms. The van der Waals surface area contributed by atoms with Crippen LogP contribution in [0, 0.1) is 12.3 Å². The van der Waals surface area contributed by atoms with E-state index in [1.54, 1.807) is 10.9 Å². The fraction of sp³-hybridized carbons (Fsp3) is 0.480. The van der Waals surface area contributed by atoms with Crippen LogP contribution in [-0.2, 0) is 35.1 Å². The van der Waals surface area contributed by atoms with Gasteiger partial charge in [-0.15, -0.1) is 0 Å². The predicted molar refractivity (Wildman–Crippen MR) is 129 cm³/mol. The number of likely N-dealkylation sites (N-methyl/N-ethyl adjacent to an activating group) is 1. The highest BCUT2D eigenvalue weighted by Crippen LogP contribution is 2.41. The molecule has 2 atom stereocenters. The number of hydrogen-bond acceptors (Lipinski definition) is 7. The molecule has 2 aliphatic rings. The maximum atomic E-state index is 13.0. The van der Waals surface area contributed by atoms with Gasteiger partial charge in [0.15, 0.2) is 5.82 Å². The molecule has 5 rings (SSSR count). The van der Waals surface area contributed by atoms with E-state index in [1.807, 2.05) is 25.1 Å². The van der Waals surface area contributed by atoms with Crippen LogP contribution >= 0.6 is 0 Å². The van der Waals surface area contributed by atoms with E-state index in [0.717, 1.165) is 18.1 Å². The lowest BCUT2D eigenvalue weighted by molar-refractivity contribution is -0.141. The molecule has 3 aromatic rings. The van der Waals surface area contributed by atoms with Crippen molar-refractivity contribution in [2.45, 2.75) is 51.9 Å². The predicted octanol–water partition coefficient (Wildman–Crippen LogP) is 3.41. The van der Waals surface area contributed by atoms with E-state index in [9.17, 15) is 18.0 Å². The number of hydrogen-bond donors (Lipinski definition) is 1. The number of alkyl halides is 3. The number of fused-ring (bicyclic) bond motifs is 1. The minimum absolute atomic E-state index is 0.0712. The number of halogens is 3. The van der Waals surface area contributed by atoms with Crippen LogP contribution in [0.4, 0.5) is 24.7 Å². The number of nitrogens with one attached hydrogen (secondary N) is 1. The Morgan fingerprint density at radius 1 is 1.19 bits per heavy atom. The average Bonchev–Trinajstić information content (AvgIpc) is 3.47. The van der Waals surface area contributed by atoms with E-state index in [-0.39, 0.29) is 17.4 Å². The number of ether oxygens (including phenoxy) is 1. The number of aromatic nitrogens is 5. The zero-order valence-corrected chi connectivity index (χ0v) is 20.8. The second-order valence-electron chi connectivity index (χ2n) is 9.98. The first-order valence-electron chi connectivity index (χ1n) is 12.1.